The molecule has 0 bridgehead atoms. The summed E-state index contributed by atoms with van der Waals surface area (Å²) in [5.41, 5.74) is 11.1. The van der Waals surface area contributed by atoms with Crippen molar-refractivity contribution in [2.24, 2.45) is 11.5 Å². The Morgan fingerprint density at radius 2 is 2.11 bits per heavy atom. The van der Waals surface area contributed by atoms with E-state index in [1.165, 1.54) is 4.90 Å². The number of carbonyl (C=O) groups is 1. The van der Waals surface area contributed by atoms with Crippen molar-refractivity contribution in [3.05, 3.63) is 0 Å². The molecule has 2 unspecified atom stereocenters. The van der Waals surface area contributed by atoms with Gasteiger partial charge < -0.3 is 26.2 Å². The van der Waals surface area contributed by atoms with Crippen LogP contribution in [-0.2, 0) is 9.36 Å². The van der Waals surface area contributed by atoms with Gasteiger partial charge in [0.05, 0.1) is 6.04 Å². The number of nitrogens with zero attached hydrogens (tertiary/aromatic N) is 1. The van der Waals surface area contributed by atoms with E-state index in [-0.39, 0.29) is 5.91 Å². The van der Waals surface area contributed by atoms with Crippen molar-refractivity contribution in [3.63, 3.8) is 0 Å². The van der Waals surface area contributed by atoms with Crippen LogP contribution in [-0.4, -0.2) is 45.5 Å². The third-order valence-electron chi connectivity index (χ3n) is 3.18. The molecule has 6 N–H and O–H groups in total. The summed E-state index contributed by atoms with van der Waals surface area (Å²) in [7, 11) is -4.27. The van der Waals surface area contributed by atoms with E-state index in [9.17, 15) is 19.1 Å². The first kappa shape index (κ1) is 15.6. The van der Waals surface area contributed by atoms with Gasteiger partial charge >= 0.3 is 7.60 Å². The van der Waals surface area contributed by atoms with Gasteiger partial charge in [-0.05, 0) is 32.2 Å². The Morgan fingerprint density at radius 1 is 1.44 bits per heavy atom. The number of amides is 1. The predicted molar refractivity (Wildman–Crippen MR) is 67.7 cm³/mol. The van der Waals surface area contributed by atoms with E-state index in [2.05, 4.69) is 0 Å². The summed E-state index contributed by atoms with van der Waals surface area (Å²) < 4.78 is 11.3. The fourth-order valence-electron chi connectivity index (χ4n) is 2.20. The summed E-state index contributed by atoms with van der Waals surface area (Å²) in [4.78, 5) is 31.7. The number of carbonyl (C=O) groups excluding carboxylic acids is 1. The highest BCUT2D eigenvalue weighted by Crippen LogP contribution is 2.47. The van der Waals surface area contributed by atoms with Gasteiger partial charge in [0.15, 0.2) is 0 Å². The van der Waals surface area contributed by atoms with E-state index in [4.69, 9.17) is 11.5 Å². The lowest BCUT2D eigenvalue weighted by atomic mass is 10.1. The summed E-state index contributed by atoms with van der Waals surface area (Å²) in [5.74, 6) is -1.36. The maximum Gasteiger partial charge on any atom is 0.347 e. The molecule has 1 saturated heterocycles. The number of nitrogens with two attached hydrogens (primary N) is 2. The molecule has 1 fully saturated rings. The number of unbranched alkanes of at least 4 members (excludes halogenated alkanes) is 1. The Hall–Kier alpha value is -0.460. The second kappa shape index (κ2) is 6.63. The molecule has 0 radical (unpaired) electrons. The minimum absolute atomic E-state index is 0.339. The van der Waals surface area contributed by atoms with Crippen molar-refractivity contribution in [1.29, 1.82) is 0 Å². The lowest BCUT2D eigenvalue weighted by Crippen LogP contribution is -2.45. The van der Waals surface area contributed by atoms with Crippen molar-refractivity contribution in [1.82, 2.24) is 4.90 Å². The van der Waals surface area contributed by atoms with Crippen LogP contribution in [0.3, 0.4) is 0 Å². The molecule has 0 saturated carbocycles. The van der Waals surface area contributed by atoms with Gasteiger partial charge in [-0.3, -0.25) is 9.36 Å². The molecular formula is C10H22N3O4P. The fourth-order valence-corrected chi connectivity index (χ4v) is 3.31. The predicted octanol–water partition coefficient (Wildman–Crippen LogP) is -0.431. The molecule has 1 rings (SSSR count). The summed E-state index contributed by atoms with van der Waals surface area (Å²) >= 11 is 0. The van der Waals surface area contributed by atoms with E-state index < -0.39 is 19.4 Å². The second-order valence-corrected chi connectivity index (χ2v) is 6.41. The van der Waals surface area contributed by atoms with Crippen molar-refractivity contribution in [3.8, 4) is 0 Å². The second-order valence-electron chi connectivity index (χ2n) is 4.63. The van der Waals surface area contributed by atoms with Crippen molar-refractivity contribution in [2.75, 3.05) is 13.1 Å². The molecule has 106 valence electrons. The fraction of sp³-hybridized carbons (Fsp3) is 0.900. The quantitative estimate of drug-likeness (QED) is 0.385. The Morgan fingerprint density at radius 3 is 2.67 bits per heavy atom. The van der Waals surface area contributed by atoms with Crippen LogP contribution in [0.1, 0.15) is 32.1 Å². The van der Waals surface area contributed by atoms with E-state index in [0.29, 0.717) is 32.4 Å². The molecular weight excluding hydrogens is 257 g/mol. The largest absolute Gasteiger partial charge is 0.347 e. The molecule has 0 aromatic rings. The summed E-state index contributed by atoms with van der Waals surface area (Å²) in [6, 6.07) is -0.691. The Kier molecular flexibility index (Phi) is 5.75. The molecule has 1 amide bonds. The van der Waals surface area contributed by atoms with Crippen molar-refractivity contribution in [2.45, 2.75) is 43.9 Å². The van der Waals surface area contributed by atoms with Crippen molar-refractivity contribution < 1.29 is 19.1 Å². The van der Waals surface area contributed by atoms with Crippen LogP contribution in [0.4, 0.5) is 0 Å². The van der Waals surface area contributed by atoms with Gasteiger partial charge in [-0.15, -0.1) is 0 Å². The molecule has 0 aromatic heterocycles. The summed E-state index contributed by atoms with van der Waals surface area (Å²) in [5, 5.41) is 0. The molecule has 7 nitrogen and oxygen atoms in total. The highest BCUT2D eigenvalue weighted by atomic mass is 31.2. The first-order valence-electron chi connectivity index (χ1n) is 6.19. The average molecular weight is 279 g/mol. The van der Waals surface area contributed by atoms with Crippen LogP contribution in [0.2, 0.25) is 0 Å². The molecule has 0 spiro atoms. The van der Waals surface area contributed by atoms with Gasteiger partial charge in [-0.2, -0.15) is 0 Å². The lowest BCUT2D eigenvalue weighted by molar-refractivity contribution is -0.132. The number of hydrogen-bond acceptors (Lipinski definition) is 4. The van der Waals surface area contributed by atoms with E-state index in [1.54, 1.807) is 0 Å². The molecule has 18 heavy (non-hydrogen) atoms. The zero-order valence-corrected chi connectivity index (χ0v) is 11.3. The molecule has 2 atom stereocenters. The Balaban J connectivity index is 2.57. The van der Waals surface area contributed by atoms with E-state index in [0.717, 1.165) is 12.8 Å². The summed E-state index contributed by atoms with van der Waals surface area (Å²) in [6.45, 7) is 0.926. The first-order chi connectivity index (χ1) is 8.38. The van der Waals surface area contributed by atoms with E-state index in [1.807, 2.05) is 0 Å². The lowest BCUT2D eigenvalue weighted by Gasteiger charge is -2.27. The Bertz CT molecular complexity index is 333. The highest BCUT2D eigenvalue weighted by Gasteiger charge is 2.41. The highest BCUT2D eigenvalue weighted by molar-refractivity contribution is 7.52. The number of likely N-dealkylation sites (tertiary alicyclic amines) is 1. The maximum absolute atomic E-state index is 12.0. The molecule has 0 aliphatic carbocycles. The topological polar surface area (TPSA) is 130 Å². The van der Waals surface area contributed by atoms with Crippen LogP contribution in [0.25, 0.3) is 0 Å². The van der Waals surface area contributed by atoms with Gasteiger partial charge in [0, 0.05) is 6.54 Å². The third kappa shape index (κ3) is 4.03. The van der Waals surface area contributed by atoms with Gasteiger partial charge in [0.2, 0.25) is 5.91 Å². The maximum atomic E-state index is 12.0. The zero-order valence-electron chi connectivity index (χ0n) is 10.4. The van der Waals surface area contributed by atoms with Crippen molar-refractivity contribution >= 4 is 13.5 Å². The van der Waals surface area contributed by atoms with E-state index >= 15 is 0 Å². The van der Waals surface area contributed by atoms with Crippen LogP contribution in [0, 0.1) is 0 Å². The molecule has 1 aliphatic heterocycles. The van der Waals surface area contributed by atoms with Gasteiger partial charge in [0.25, 0.3) is 0 Å². The molecule has 8 heteroatoms. The monoisotopic (exact) mass is 279 g/mol. The number of hydrogen-bond donors (Lipinski definition) is 4. The SMILES string of the molecule is NCCCCC(N)C(=O)N1CCCC1P(=O)(O)O. The molecule has 0 aromatic carbocycles. The van der Waals surface area contributed by atoms with Crippen LogP contribution in [0.5, 0.6) is 0 Å². The van der Waals surface area contributed by atoms with Gasteiger partial charge in [-0.1, -0.05) is 6.42 Å². The minimum atomic E-state index is -4.27. The third-order valence-corrected chi connectivity index (χ3v) is 4.49. The van der Waals surface area contributed by atoms with Gasteiger partial charge in [0.1, 0.15) is 5.78 Å². The normalized spacial score (nSPS) is 22.2. The molecule has 1 aliphatic rings. The van der Waals surface area contributed by atoms with Gasteiger partial charge in [-0.25, -0.2) is 0 Å². The molecule has 1 heterocycles. The van der Waals surface area contributed by atoms with Crippen LogP contribution >= 0.6 is 7.60 Å². The smallest absolute Gasteiger partial charge is 0.330 e. The van der Waals surface area contributed by atoms with Crippen LogP contribution in [0.15, 0.2) is 0 Å². The summed E-state index contributed by atoms with van der Waals surface area (Å²) in [6.07, 6.45) is 2.99. The minimum Gasteiger partial charge on any atom is -0.330 e. The Labute approximate surface area is 107 Å². The van der Waals surface area contributed by atoms with Crippen LogP contribution < -0.4 is 11.5 Å². The zero-order chi connectivity index (χ0) is 13.8. The average Bonchev–Trinajstić information content (AvgIpc) is 2.76. The number of rotatable bonds is 6. The standard InChI is InChI=1S/C10H22N3O4P/c11-6-2-1-4-8(12)10(14)13-7-3-5-9(13)18(15,16)17/h8-9H,1-7,11-12H2,(H2,15,16,17). The first-order valence-corrected chi connectivity index (χ1v) is 7.87.